The molecule has 130 valence electrons. The van der Waals surface area contributed by atoms with Gasteiger partial charge in [0.15, 0.2) is 0 Å². The van der Waals surface area contributed by atoms with Crippen LogP contribution in [0.1, 0.15) is 12.5 Å². The van der Waals surface area contributed by atoms with Crippen molar-refractivity contribution in [2.45, 2.75) is 6.92 Å². The van der Waals surface area contributed by atoms with E-state index in [1.807, 2.05) is 13.0 Å². The van der Waals surface area contributed by atoms with Gasteiger partial charge in [0.05, 0.1) is 7.11 Å². The first kappa shape index (κ1) is 18.2. The number of nitrogens with one attached hydrogen (secondary N) is 1. The molecule has 6 heteroatoms. The van der Waals surface area contributed by atoms with Crippen molar-refractivity contribution in [3.8, 4) is 5.75 Å². The van der Waals surface area contributed by atoms with Gasteiger partial charge in [0.1, 0.15) is 12.3 Å². The lowest BCUT2D eigenvalue weighted by molar-refractivity contribution is -0.130. The van der Waals surface area contributed by atoms with Crippen LogP contribution in [-0.4, -0.2) is 41.9 Å². The molecule has 2 amide bonds. The van der Waals surface area contributed by atoms with Gasteiger partial charge in [-0.15, -0.1) is 0 Å². The van der Waals surface area contributed by atoms with E-state index >= 15 is 0 Å². The number of carbonyl (C=O) groups excluding carboxylic acids is 2. The van der Waals surface area contributed by atoms with E-state index in [4.69, 9.17) is 4.74 Å². The van der Waals surface area contributed by atoms with Crippen LogP contribution >= 0.6 is 0 Å². The van der Waals surface area contributed by atoms with E-state index in [0.29, 0.717) is 18.0 Å². The van der Waals surface area contributed by atoms with E-state index in [1.165, 1.54) is 11.0 Å². The first-order valence-electron chi connectivity index (χ1n) is 7.93. The van der Waals surface area contributed by atoms with Gasteiger partial charge in [-0.2, -0.15) is 0 Å². The Kier molecular flexibility index (Phi) is 6.71. The van der Waals surface area contributed by atoms with Crippen molar-refractivity contribution in [3.63, 3.8) is 0 Å². The summed E-state index contributed by atoms with van der Waals surface area (Å²) in [4.78, 5) is 29.9. The molecule has 0 saturated heterocycles. The van der Waals surface area contributed by atoms with Crippen LogP contribution in [0.3, 0.4) is 0 Å². The second-order valence-corrected chi connectivity index (χ2v) is 5.25. The lowest BCUT2D eigenvalue weighted by Gasteiger charge is -2.18. The third-order valence-corrected chi connectivity index (χ3v) is 3.48. The van der Waals surface area contributed by atoms with Gasteiger partial charge in [0, 0.05) is 36.8 Å². The molecule has 0 aliphatic rings. The number of anilines is 1. The zero-order valence-electron chi connectivity index (χ0n) is 14.3. The average Bonchev–Trinajstić information content (AvgIpc) is 2.65. The van der Waals surface area contributed by atoms with Crippen LogP contribution in [0, 0.1) is 0 Å². The van der Waals surface area contributed by atoms with Gasteiger partial charge in [0.25, 0.3) is 0 Å². The SMILES string of the molecule is CCN(CC(=O)Nc1cccc(OC)c1)C(=O)/C=C/c1cccnc1. The molecular formula is C19H21N3O3. The number of aromatic nitrogens is 1. The maximum absolute atomic E-state index is 12.3. The average molecular weight is 339 g/mol. The van der Waals surface area contributed by atoms with Crippen molar-refractivity contribution in [2.75, 3.05) is 25.5 Å². The summed E-state index contributed by atoms with van der Waals surface area (Å²) >= 11 is 0. The Bertz CT molecular complexity index is 745. The van der Waals surface area contributed by atoms with E-state index < -0.39 is 0 Å². The third-order valence-electron chi connectivity index (χ3n) is 3.48. The highest BCUT2D eigenvalue weighted by molar-refractivity contribution is 5.98. The lowest BCUT2D eigenvalue weighted by Crippen LogP contribution is -2.36. The maximum Gasteiger partial charge on any atom is 0.247 e. The Morgan fingerprint density at radius 1 is 1.28 bits per heavy atom. The summed E-state index contributed by atoms with van der Waals surface area (Å²) in [5.74, 6) is 0.158. The number of rotatable bonds is 7. The summed E-state index contributed by atoms with van der Waals surface area (Å²) in [6.07, 6.45) is 6.45. The molecule has 1 heterocycles. The molecule has 0 radical (unpaired) electrons. The summed E-state index contributed by atoms with van der Waals surface area (Å²) in [6.45, 7) is 2.24. The topological polar surface area (TPSA) is 71.5 Å². The van der Waals surface area contributed by atoms with E-state index in [2.05, 4.69) is 10.3 Å². The molecule has 0 spiro atoms. The van der Waals surface area contributed by atoms with Crippen molar-refractivity contribution < 1.29 is 14.3 Å². The molecule has 0 aliphatic carbocycles. The van der Waals surface area contributed by atoms with Gasteiger partial charge in [-0.1, -0.05) is 12.1 Å². The first-order chi connectivity index (χ1) is 12.1. The summed E-state index contributed by atoms with van der Waals surface area (Å²) in [7, 11) is 1.56. The predicted octanol–water partition coefficient (Wildman–Crippen LogP) is 2.59. The summed E-state index contributed by atoms with van der Waals surface area (Å²) in [6, 6.07) is 10.7. The smallest absolute Gasteiger partial charge is 0.247 e. The molecule has 6 nitrogen and oxygen atoms in total. The van der Waals surface area contributed by atoms with Crippen molar-refractivity contribution in [1.29, 1.82) is 0 Å². The molecule has 2 rings (SSSR count). The maximum atomic E-state index is 12.3. The number of carbonyl (C=O) groups is 2. The number of pyridine rings is 1. The van der Waals surface area contributed by atoms with E-state index in [0.717, 1.165) is 5.56 Å². The van der Waals surface area contributed by atoms with Gasteiger partial charge in [-0.3, -0.25) is 14.6 Å². The number of methoxy groups -OCH3 is 1. The van der Waals surface area contributed by atoms with Crippen LogP contribution in [0.15, 0.2) is 54.9 Å². The minimum absolute atomic E-state index is 0.0239. The molecular weight excluding hydrogens is 318 g/mol. The van der Waals surface area contributed by atoms with Crippen LogP contribution in [-0.2, 0) is 9.59 Å². The highest BCUT2D eigenvalue weighted by atomic mass is 16.5. The van der Waals surface area contributed by atoms with Crippen molar-refractivity contribution in [2.24, 2.45) is 0 Å². The van der Waals surface area contributed by atoms with E-state index in [1.54, 1.807) is 55.9 Å². The zero-order chi connectivity index (χ0) is 18.1. The fraction of sp³-hybridized carbons (Fsp3) is 0.211. The Hall–Kier alpha value is -3.15. The lowest BCUT2D eigenvalue weighted by atomic mass is 10.2. The Balaban J connectivity index is 1.94. The molecule has 0 saturated carbocycles. The van der Waals surface area contributed by atoms with Crippen LogP contribution in [0.5, 0.6) is 5.75 Å². The number of hydrogen-bond acceptors (Lipinski definition) is 4. The molecule has 1 N–H and O–H groups in total. The third kappa shape index (κ3) is 5.76. The molecule has 0 fully saturated rings. The van der Waals surface area contributed by atoms with Crippen LogP contribution < -0.4 is 10.1 Å². The Morgan fingerprint density at radius 2 is 2.12 bits per heavy atom. The van der Waals surface area contributed by atoms with Gasteiger partial charge < -0.3 is 15.0 Å². The quantitative estimate of drug-likeness (QED) is 0.787. The first-order valence-corrected chi connectivity index (χ1v) is 7.93. The Morgan fingerprint density at radius 3 is 2.80 bits per heavy atom. The molecule has 2 aromatic rings. The van der Waals surface area contributed by atoms with Crippen molar-refractivity contribution in [1.82, 2.24) is 9.88 Å². The molecule has 1 aromatic heterocycles. The molecule has 25 heavy (non-hydrogen) atoms. The van der Waals surface area contributed by atoms with Gasteiger partial charge >= 0.3 is 0 Å². The van der Waals surface area contributed by atoms with E-state index in [9.17, 15) is 9.59 Å². The number of benzene rings is 1. The fourth-order valence-corrected chi connectivity index (χ4v) is 2.17. The number of amides is 2. The van der Waals surface area contributed by atoms with Gasteiger partial charge in [-0.25, -0.2) is 0 Å². The van der Waals surface area contributed by atoms with E-state index in [-0.39, 0.29) is 18.4 Å². The standard InChI is InChI=1S/C19H21N3O3/c1-3-22(19(24)10-9-15-6-5-11-20-13-15)14-18(23)21-16-7-4-8-17(12-16)25-2/h4-13H,3,14H2,1-2H3,(H,21,23)/b10-9+. The largest absolute Gasteiger partial charge is 0.497 e. The monoisotopic (exact) mass is 339 g/mol. The zero-order valence-corrected chi connectivity index (χ0v) is 14.3. The molecule has 0 aliphatic heterocycles. The number of ether oxygens (including phenoxy) is 1. The number of hydrogen-bond donors (Lipinski definition) is 1. The molecule has 0 atom stereocenters. The summed E-state index contributed by atoms with van der Waals surface area (Å²) in [5.41, 5.74) is 1.45. The summed E-state index contributed by atoms with van der Waals surface area (Å²) < 4.78 is 5.12. The van der Waals surface area contributed by atoms with Crippen molar-refractivity contribution >= 4 is 23.6 Å². The van der Waals surface area contributed by atoms with Gasteiger partial charge in [0.2, 0.25) is 11.8 Å². The minimum Gasteiger partial charge on any atom is -0.497 e. The van der Waals surface area contributed by atoms with Crippen LogP contribution in [0.25, 0.3) is 6.08 Å². The normalized spacial score (nSPS) is 10.5. The highest BCUT2D eigenvalue weighted by Gasteiger charge is 2.13. The van der Waals surface area contributed by atoms with Crippen molar-refractivity contribution in [3.05, 3.63) is 60.4 Å². The fourth-order valence-electron chi connectivity index (χ4n) is 2.17. The van der Waals surface area contributed by atoms with Gasteiger partial charge in [-0.05, 0) is 36.8 Å². The molecule has 0 bridgehead atoms. The minimum atomic E-state index is -0.266. The van der Waals surface area contributed by atoms with Crippen LogP contribution in [0.2, 0.25) is 0 Å². The number of likely N-dealkylation sites (N-methyl/N-ethyl adjacent to an activating group) is 1. The summed E-state index contributed by atoms with van der Waals surface area (Å²) in [5, 5.41) is 2.76. The second kappa shape index (κ2) is 9.22. The predicted molar refractivity (Wildman–Crippen MR) is 97.1 cm³/mol. The second-order valence-electron chi connectivity index (χ2n) is 5.25. The molecule has 0 unspecified atom stereocenters. The number of nitrogens with zero attached hydrogens (tertiary/aromatic N) is 2. The molecule has 1 aromatic carbocycles. The highest BCUT2D eigenvalue weighted by Crippen LogP contribution is 2.16. The Labute approximate surface area is 147 Å². The van der Waals surface area contributed by atoms with Crippen LogP contribution in [0.4, 0.5) is 5.69 Å².